The number of ether oxygens (including phenoxy) is 1. The fourth-order valence-electron chi connectivity index (χ4n) is 5.13. The highest BCUT2D eigenvalue weighted by Gasteiger charge is 2.42. The normalized spacial score (nSPS) is 30.0. The number of hydrogen-bond donors (Lipinski definition) is 1. The van der Waals surface area contributed by atoms with Crippen LogP contribution in [0.2, 0.25) is 0 Å². The van der Waals surface area contributed by atoms with E-state index >= 15 is 0 Å². The maximum Gasteiger partial charge on any atom is 0.123 e. The third kappa shape index (κ3) is 6.00. The topological polar surface area (TPSA) is 32.7 Å². The Labute approximate surface area is 163 Å². The number of benzene rings is 1. The quantitative estimate of drug-likeness (QED) is 0.743. The third-order valence-electron chi connectivity index (χ3n) is 6.52. The van der Waals surface area contributed by atoms with Gasteiger partial charge in [-0.3, -0.25) is 0 Å². The Morgan fingerprint density at radius 3 is 2.48 bits per heavy atom. The first-order valence-electron chi connectivity index (χ1n) is 10.7. The van der Waals surface area contributed by atoms with Crippen molar-refractivity contribution in [2.24, 2.45) is 11.8 Å². The molecule has 2 saturated carbocycles. The summed E-state index contributed by atoms with van der Waals surface area (Å²) in [5, 5.41) is 10.5. The maximum absolute atomic E-state index is 13.2. The van der Waals surface area contributed by atoms with Crippen molar-refractivity contribution < 1.29 is 14.2 Å². The molecule has 3 nitrogen and oxygen atoms in total. The maximum atomic E-state index is 13.2. The first-order chi connectivity index (χ1) is 13.0. The van der Waals surface area contributed by atoms with Gasteiger partial charge in [-0.1, -0.05) is 44.2 Å². The Balaban J connectivity index is 1.71. The largest absolute Gasteiger partial charge is 0.393 e. The molecule has 152 valence electrons. The van der Waals surface area contributed by atoms with E-state index in [9.17, 15) is 9.50 Å². The molecule has 2 fully saturated rings. The van der Waals surface area contributed by atoms with Gasteiger partial charge in [-0.2, -0.15) is 0 Å². The van der Waals surface area contributed by atoms with Crippen molar-refractivity contribution in [2.75, 3.05) is 20.6 Å². The van der Waals surface area contributed by atoms with Gasteiger partial charge < -0.3 is 14.7 Å². The summed E-state index contributed by atoms with van der Waals surface area (Å²) < 4.78 is 19.8. The van der Waals surface area contributed by atoms with E-state index in [-0.39, 0.29) is 23.4 Å². The van der Waals surface area contributed by atoms with Crippen LogP contribution in [0.5, 0.6) is 0 Å². The van der Waals surface area contributed by atoms with Crippen molar-refractivity contribution in [2.45, 2.75) is 76.1 Å². The fourth-order valence-corrected chi connectivity index (χ4v) is 5.13. The van der Waals surface area contributed by atoms with Gasteiger partial charge in [-0.25, -0.2) is 4.39 Å². The molecule has 4 heteroatoms. The smallest absolute Gasteiger partial charge is 0.123 e. The van der Waals surface area contributed by atoms with Gasteiger partial charge in [0.25, 0.3) is 0 Å². The van der Waals surface area contributed by atoms with Gasteiger partial charge in [0.05, 0.1) is 18.3 Å². The lowest BCUT2D eigenvalue weighted by atomic mass is 9.70. The molecule has 3 unspecified atom stereocenters. The molecule has 2 aliphatic rings. The minimum atomic E-state index is -0.235. The van der Waals surface area contributed by atoms with Gasteiger partial charge in [0.2, 0.25) is 0 Å². The molecule has 27 heavy (non-hydrogen) atoms. The van der Waals surface area contributed by atoms with Crippen molar-refractivity contribution in [1.29, 1.82) is 0 Å². The van der Waals surface area contributed by atoms with Crippen LogP contribution in [0.4, 0.5) is 4.39 Å². The monoisotopic (exact) mass is 377 g/mol. The van der Waals surface area contributed by atoms with Crippen molar-refractivity contribution >= 4 is 0 Å². The van der Waals surface area contributed by atoms with Crippen LogP contribution < -0.4 is 0 Å². The molecular weight excluding hydrogens is 341 g/mol. The Bertz CT molecular complexity index is 570. The standard InChI is InChI=1S/C23H36FNO2/c1-25(2)16-20-15-23(13-12-22(20)26,14-18-6-4-3-5-7-18)27-17-19-8-10-21(24)11-9-19/h8-11,18,20,22,26H,3-7,12-17H2,1-2H3. The zero-order valence-corrected chi connectivity index (χ0v) is 17.0. The zero-order valence-electron chi connectivity index (χ0n) is 17.0. The summed E-state index contributed by atoms with van der Waals surface area (Å²) >= 11 is 0. The van der Waals surface area contributed by atoms with Crippen LogP contribution in [-0.4, -0.2) is 42.4 Å². The van der Waals surface area contributed by atoms with E-state index in [1.807, 2.05) is 12.1 Å². The minimum absolute atomic E-state index is 0.156. The molecule has 2 aliphatic carbocycles. The van der Waals surface area contributed by atoms with E-state index in [1.54, 1.807) is 0 Å². The van der Waals surface area contributed by atoms with Crippen LogP contribution >= 0.6 is 0 Å². The lowest BCUT2D eigenvalue weighted by Gasteiger charge is -2.46. The molecule has 1 aromatic rings. The number of hydrogen-bond acceptors (Lipinski definition) is 3. The van der Waals surface area contributed by atoms with Gasteiger partial charge >= 0.3 is 0 Å². The lowest BCUT2D eigenvalue weighted by molar-refractivity contribution is -0.133. The van der Waals surface area contributed by atoms with Crippen LogP contribution in [0.3, 0.4) is 0 Å². The predicted octanol–water partition coefficient (Wildman–Crippen LogP) is 4.77. The van der Waals surface area contributed by atoms with Crippen LogP contribution in [0.1, 0.15) is 63.4 Å². The second-order valence-corrected chi connectivity index (χ2v) is 9.14. The van der Waals surface area contributed by atoms with Gasteiger partial charge in [0.15, 0.2) is 0 Å². The van der Waals surface area contributed by atoms with E-state index in [4.69, 9.17) is 4.74 Å². The molecule has 0 aromatic heterocycles. The molecular formula is C23H36FNO2. The van der Waals surface area contributed by atoms with Crippen molar-refractivity contribution in [3.8, 4) is 0 Å². The average Bonchev–Trinajstić information content (AvgIpc) is 2.65. The SMILES string of the molecule is CN(C)CC1CC(CC2CCCCC2)(OCc2ccc(F)cc2)CCC1O. The predicted molar refractivity (Wildman–Crippen MR) is 107 cm³/mol. The Morgan fingerprint density at radius 2 is 1.81 bits per heavy atom. The van der Waals surface area contributed by atoms with Gasteiger partial charge in [-0.15, -0.1) is 0 Å². The third-order valence-corrected chi connectivity index (χ3v) is 6.52. The number of halogens is 1. The van der Waals surface area contributed by atoms with Crippen molar-refractivity contribution in [3.05, 3.63) is 35.6 Å². The summed E-state index contributed by atoms with van der Waals surface area (Å²) in [4.78, 5) is 2.17. The first kappa shape index (κ1) is 20.8. The van der Waals surface area contributed by atoms with Crippen LogP contribution in [0.25, 0.3) is 0 Å². The van der Waals surface area contributed by atoms with Crippen molar-refractivity contribution in [3.63, 3.8) is 0 Å². The molecule has 0 saturated heterocycles. The molecule has 1 N–H and O–H groups in total. The van der Waals surface area contributed by atoms with E-state index in [0.29, 0.717) is 6.61 Å². The summed E-state index contributed by atoms with van der Waals surface area (Å²) in [5.41, 5.74) is 0.866. The van der Waals surface area contributed by atoms with E-state index in [0.717, 1.165) is 43.7 Å². The van der Waals surface area contributed by atoms with E-state index in [1.165, 1.54) is 44.2 Å². The highest BCUT2D eigenvalue weighted by atomic mass is 19.1. The molecule has 1 aromatic carbocycles. The van der Waals surface area contributed by atoms with E-state index < -0.39 is 0 Å². The summed E-state index contributed by atoms with van der Waals surface area (Å²) in [6, 6.07) is 6.65. The Hall–Kier alpha value is -0.970. The van der Waals surface area contributed by atoms with Crippen LogP contribution in [-0.2, 0) is 11.3 Å². The highest BCUT2D eigenvalue weighted by molar-refractivity contribution is 5.15. The lowest BCUT2D eigenvalue weighted by Crippen LogP contribution is -2.47. The summed E-state index contributed by atoms with van der Waals surface area (Å²) in [7, 11) is 4.15. The summed E-state index contributed by atoms with van der Waals surface area (Å²) in [6.45, 7) is 1.42. The molecule has 3 atom stereocenters. The summed E-state index contributed by atoms with van der Waals surface area (Å²) in [5.74, 6) is 0.787. The molecule has 0 spiro atoms. The second kappa shape index (κ2) is 9.49. The number of aliphatic hydroxyl groups is 1. The number of nitrogens with zero attached hydrogens (tertiary/aromatic N) is 1. The molecule has 0 aliphatic heterocycles. The van der Waals surface area contributed by atoms with Gasteiger partial charge in [-0.05, 0) is 63.4 Å². The molecule has 0 amide bonds. The Kier molecular flexibility index (Phi) is 7.29. The zero-order chi connectivity index (χ0) is 19.3. The highest BCUT2D eigenvalue weighted by Crippen LogP contribution is 2.43. The van der Waals surface area contributed by atoms with Crippen LogP contribution in [0, 0.1) is 17.7 Å². The molecule has 3 rings (SSSR count). The number of rotatable bonds is 7. The second-order valence-electron chi connectivity index (χ2n) is 9.14. The first-order valence-corrected chi connectivity index (χ1v) is 10.7. The average molecular weight is 378 g/mol. The van der Waals surface area contributed by atoms with Gasteiger partial charge in [0, 0.05) is 12.5 Å². The van der Waals surface area contributed by atoms with Crippen molar-refractivity contribution in [1.82, 2.24) is 4.90 Å². The minimum Gasteiger partial charge on any atom is -0.393 e. The Morgan fingerprint density at radius 1 is 1.11 bits per heavy atom. The summed E-state index contributed by atoms with van der Waals surface area (Å²) in [6.07, 6.45) is 10.2. The van der Waals surface area contributed by atoms with Crippen LogP contribution in [0.15, 0.2) is 24.3 Å². The molecule has 0 heterocycles. The van der Waals surface area contributed by atoms with Gasteiger partial charge in [0.1, 0.15) is 5.82 Å². The van der Waals surface area contributed by atoms with E-state index in [2.05, 4.69) is 19.0 Å². The molecule has 0 bridgehead atoms. The number of aliphatic hydroxyl groups excluding tert-OH is 1. The molecule has 0 radical (unpaired) electrons. The fraction of sp³-hybridized carbons (Fsp3) is 0.739.